The first-order chi connectivity index (χ1) is 11.4. The van der Waals surface area contributed by atoms with Crippen LogP contribution in [0, 0.1) is 11.7 Å². The van der Waals surface area contributed by atoms with E-state index in [1.165, 1.54) is 12.1 Å². The zero-order valence-corrected chi connectivity index (χ0v) is 13.9. The molecule has 2 saturated heterocycles. The predicted octanol–water partition coefficient (Wildman–Crippen LogP) is 1.64. The summed E-state index contributed by atoms with van der Waals surface area (Å²) in [6.45, 7) is 3.83. The van der Waals surface area contributed by atoms with Gasteiger partial charge in [0.2, 0.25) is 0 Å². The number of urea groups is 1. The number of imide groups is 1. The largest absolute Gasteiger partial charge is 0.496 e. The Bertz CT molecular complexity index is 666. The van der Waals surface area contributed by atoms with Crippen molar-refractivity contribution in [2.75, 3.05) is 20.2 Å². The second-order valence-corrected chi connectivity index (χ2v) is 6.64. The Balaban J connectivity index is 1.74. The van der Waals surface area contributed by atoms with Crippen molar-refractivity contribution in [3.05, 3.63) is 29.6 Å². The molecule has 2 aliphatic heterocycles. The first-order valence-electron chi connectivity index (χ1n) is 8.11. The fourth-order valence-corrected chi connectivity index (χ4v) is 3.63. The molecule has 0 radical (unpaired) electrons. The summed E-state index contributed by atoms with van der Waals surface area (Å²) in [7, 11) is 1.56. The van der Waals surface area contributed by atoms with E-state index in [9.17, 15) is 14.0 Å². The molecule has 1 aromatic carbocycles. The van der Waals surface area contributed by atoms with Gasteiger partial charge >= 0.3 is 6.03 Å². The summed E-state index contributed by atoms with van der Waals surface area (Å²) < 4.78 is 18.8. The van der Waals surface area contributed by atoms with Crippen LogP contribution in [-0.4, -0.2) is 42.6 Å². The molecule has 0 aromatic heterocycles. The third-order valence-corrected chi connectivity index (χ3v) is 5.03. The number of amides is 3. The molecule has 130 valence electrons. The van der Waals surface area contributed by atoms with Crippen molar-refractivity contribution in [1.29, 1.82) is 0 Å². The molecule has 2 aliphatic rings. The number of carbonyl (C=O) groups is 2. The van der Waals surface area contributed by atoms with E-state index in [0.29, 0.717) is 18.8 Å². The number of likely N-dealkylation sites (tertiary alicyclic amines) is 1. The number of hydrogen-bond donors (Lipinski definition) is 2. The minimum atomic E-state index is -0.887. The van der Waals surface area contributed by atoms with Crippen LogP contribution in [0.3, 0.4) is 0 Å². The van der Waals surface area contributed by atoms with Crippen LogP contribution < -0.4 is 15.4 Å². The average Bonchev–Trinajstić information content (AvgIpc) is 2.81. The first kappa shape index (κ1) is 16.7. The Hall–Kier alpha value is -2.15. The van der Waals surface area contributed by atoms with E-state index in [0.717, 1.165) is 24.9 Å². The first-order valence-corrected chi connectivity index (χ1v) is 8.11. The van der Waals surface area contributed by atoms with Crippen molar-refractivity contribution >= 4 is 11.9 Å². The van der Waals surface area contributed by atoms with E-state index in [1.54, 1.807) is 20.1 Å². The fourth-order valence-electron chi connectivity index (χ4n) is 3.63. The van der Waals surface area contributed by atoms with Crippen LogP contribution in [0.15, 0.2) is 18.2 Å². The Labute approximate surface area is 140 Å². The molecule has 0 spiro atoms. The lowest BCUT2D eigenvalue weighted by atomic mass is 9.80. The highest BCUT2D eigenvalue weighted by Crippen LogP contribution is 2.31. The summed E-state index contributed by atoms with van der Waals surface area (Å²) in [5.74, 6) is 0.0883. The number of halogens is 1. The van der Waals surface area contributed by atoms with Crippen molar-refractivity contribution in [1.82, 2.24) is 15.5 Å². The predicted molar refractivity (Wildman–Crippen MR) is 86.0 cm³/mol. The second kappa shape index (κ2) is 6.39. The van der Waals surface area contributed by atoms with Gasteiger partial charge in [0.1, 0.15) is 17.1 Å². The molecule has 24 heavy (non-hydrogen) atoms. The number of rotatable bonds is 4. The third-order valence-electron chi connectivity index (χ3n) is 5.03. The highest BCUT2D eigenvalue weighted by atomic mass is 19.1. The van der Waals surface area contributed by atoms with Gasteiger partial charge in [0, 0.05) is 24.6 Å². The highest BCUT2D eigenvalue weighted by Gasteiger charge is 2.48. The van der Waals surface area contributed by atoms with Gasteiger partial charge in [0.05, 0.1) is 7.11 Å². The van der Waals surface area contributed by atoms with Gasteiger partial charge in [-0.3, -0.25) is 15.0 Å². The van der Waals surface area contributed by atoms with Gasteiger partial charge in [0.25, 0.3) is 5.91 Å². The summed E-state index contributed by atoms with van der Waals surface area (Å²) in [5.41, 5.74) is -0.106. The number of nitrogens with zero attached hydrogens (tertiary/aromatic N) is 1. The van der Waals surface area contributed by atoms with Crippen molar-refractivity contribution in [2.45, 2.75) is 31.8 Å². The molecule has 2 heterocycles. The van der Waals surface area contributed by atoms with Crippen LogP contribution >= 0.6 is 0 Å². The number of benzene rings is 1. The van der Waals surface area contributed by atoms with Crippen LogP contribution in [0.4, 0.5) is 9.18 Å². The maximum absolute atomic E-state index is 13.5. The van der Waals surface area contributed by atoms with Crippen LogP contribution in [-0.2, 0) is 11.3 Å². The van der Waals surface area contributed by atoms with E-state index in [4.69, 9.17) is 4.74 Å². The minimum Gasteiger partial charge on any atom is -0.496 e. The second-order valence-electron chi connectivity index (χ2n) is 6.64. The summed E-state index contributed by atoms with van der Waals surface area (Å²) in [6.07, 6.45) is 1.78. The van der Waals surface area contributed by atoms with E-state index in [1.807, 2.05) is 0 Å². The average molecular weight is 335 g/mol. The smallest absolute Gasteiger partial charge is 0.322 e. The van der Waals surface area contributed by atoms with Crippen molar-refractivity contribution in [3.8, 4) is 5.75 Å². The van der Waals surface area contributed by atoms with Crippen molar-refractivity contribution < 1.29 is 18.7 Å². The third kappa shape index (κ3) is 3.08. The van der Waals surface area contributed by atoms with E-state index in [-0.39, 0.29) is 17.6 Å². The molecule has 2 atom stereocenters. The monoisotopic (exact) mass is 335 g/mol. The van der Waals surface area contributed by atoms with E-state index < -0.39 is 11.6 Å². The molecule has 0 unspecified atom stereocenters. The molecule has 2 fully saturated rings. The molecule has 6 nitrogen and oxygen atoms in total. The van der Waals surface area contributed by atoms with Gasteiger partial charge in [-0.25, -0.2) is 9.18 Å². The molecule has 1 aromatic rings. The molecule has 2 N–H and O–H groups in total. The van der Waals surface area contributed by atoms with Gasteiger partial charge in [-0.1, -0.05) is 0 Å². The number of ether oxygens (including phenoxy) is 1. The van der Waals surface area contributed by atoms with Gasteiger partial charge < -0.3 is 10.1 Å². The molecule has 7 heteroatoms. The molecular formula is C17H22FN3O3. The van der Waals surface area contributed by atoms with E-state index in [2.05, 4.69) is 15.5 Å². The van der Waals surface area contributed by atoms with Gasteiger partial charge in [0.15, 0.2) is 0 Å². The van der Waals surface area contributed by atoms with Crippen LogP contribution in [0.2, 0.25) is 0 Å². The summed E-state index contributed by atoms with van der Waals surface area (Å²) in [4.78, 5) is 25.8. The van der Waals surface area contributed by atoms with Crippen LogP contribution in [0.1, 0.15) is 25.3 Å². The summed E-state index contributed by atoms with van der Waals surface area (Å²) in [5, 5.41) is 5.07. The topological polar surface area (TPSA) is 70.7 Å². The lowest BCUT2D eigenvalue weighted by molar-refractivity contribution is -0.126. The van der Waals surface area contributed by atoms with Crippen LogP contribution in [0.5, 0.6) is 5.75 Å². The number of hydrogen-bond acceptors (Lipinski definition) is 4. The maximum atomic E-state index is 13.5. The Morgan fingerprint density at radius 1 is 1.42 bits per heavy atom. The van der Waals surface area contributed by atoms with Gasteiger partial charge in [-0.2, -0.15) is 0 Å². The lowest BCUT2D eigenvalue weighted by Crippen LogP contribution is -2.55. The maximum Gasteiger partial charge on any atom is 0.322 e. The summed E-state index contributed by atoms with van der Waals surface area (Å²) >= 11 is 0. The standard InChI is InChI=1S/C17H22FN3O3/c1-17(15(22)19-16(23)20-17)12-4-3-7-21(10-12)9-11-8-13(18)5-6-14(11)24-2/h5-6,8,12H,3-4,7,9-10H2,1-2H3,(H2,19,20,22,23)/t12-,17-/m1/s1. The molecule has 0 saturated carbocycles. The fraction of sp³-hybridized carbons (Fsp3) is 0.529. The number of nitrogens with one attached hydrogen (secondary N) is 2. The van der Waals surface area contributed by atoms with Crippen molar-refractivity contribution in [3.63, 3.8) is 0 Å². The Morgan fingerprint density at radius 3 is 2.88 bits per heavy atom. The van der Waals surface area contributed by atoms with Gasteiger partial charge in [-0.15, -0.1) is 0 Å². The van der Waals surface area contributed by atoms with Crippen LogP contribution in [0.25, 0.3) is 0 Å². The SMILES string of the molecule is COc1ccc(F)cc1CN1CCC[C@@H]([C@@]2(C)NC(=O)NC2=O)C1. The number of methoxy groups -OCH3 is 1. The number of piperidine rings is 1. The number of carbonyl (C=O) groups excluding carboxylic acids is 2. The zero-order valence-electron chi connectivity index (χ0n) is 13.9. The molecule has 0 aliphatic carbocycles. The lowest BCUT2D eigenvalue weighted by Gasteiger charge is -2.39. The Kier molecular flexibility index (Phi) is 4.45. The van der Waals surface area contributed by atoms with Gasteiger partial charge in [-0.05, 0) is 44.5 Å². The highest BCUT2D eigenvalue weighted by molar-refractivity contribution is 6.06. The molecule has 3 rings (SSSR count). The summed E-state index contributed by atoms with van der Waals surface area (Å²) in [6, 6.07) is 4.04. The Morgan fingerprint density at radius 2 is 2.21 bits per heavy atom. The molecule has 3 amide bonds. The minimum absolute atomic E-state index is 0.0113. The normalized spacial score (nSPS) is 27.7. The molecular weight excluding hydrogens is 313 g/mol. The van der Waals surface area contributed by atoms with E-state index >= 15 is 0 Å². The quantitative estimate of drug-likeness (QED) is 0.821. The van der Waals surface area contributed by atoms with Crippen molar-refractivity contribution in [2.24, 2.45) is 5.92 Å². The molecule has 0 bridgehead atoms. The zero-order chi connectivity index (χ0) is 17.3.